The van der Waals surface area contributed by atoms with Crippen LogP contribution in [0.25, 0.3) is 0 Å². The summed E-state index contributed by atoms with van der Waals surface area (Å²) in [6.07, 6.45) is 0.397. The van der Waals surface area contributed by atoms with Gasteiger partial charge in [-0.1, -0.05) is 68.4 Å². The number of carboxylic acids is 1. The number of hydrogen-bond donors (Lipinski definition) is 2. The molecule has 0 aliphatic heterocycles. The first kappa shape index (κ1) is 15.9. The number of benzene rings is 1. The SMILES string of the molecule is CC[Si](CC)(CC)c1ccc(C[C@H](N)C(=O)O)cc1. The molecule has 0 bridgehead atoms. The van der Waals surface area contributed by atoms with Crippen LogP contribution in [0.3, 0.4) is 0 Å². The van der Waals surface area contributed by atoms with Crippen LogP contribution in [-0.4, -0.2) is 25.2 Å². The van der Waals surface area contributed by atoms with Gasteiger partial charge in [-0.15, -0.1) is 0 Å². The third kappa shape index (κ3) is 3.67. The van der Waals surface area contributed by atoms with Gasteiger partial charge in [0.05, 0.1) is 8.07 Å². The van der Waals surface area contributed by atoms with Crippen molar-refractivity contribution in [2.45, 2.75) is 51.4 Å². The lowest BCUT2D eigenvalue weighted by molar-refractivity contribution is -0.138. The van der Waals surface area contributed by atoms with Gasteiger partial charge in [0.25, 0.3) is 0 Å². The van der Waals surface area contributed by atoms with Gasteiger partial charge in [0.1, 0.15) is 6.04 Å². The topological polar surface area (TPSA) is 63.3 Å². The van der Waals surface area contributed by atoms with Crippen LogP contribution in [0, 0.1) is 0 Å². The van der Waals surface area contributed by atoms with E-state index in [0.29, 0.717) is 6.42 Å². The summed E-state index contributed by atoms with van der Waals surface area (Å²) in [5.74, 6) is -0.941. The Bertz CT molecular complexity index is 404. The summed E-state index contributed by atoms with van der Waals surface area (Å²) in [4.78, 5) is 10.8. The highest BCUT2D eigenvalue weighted by Gasteiger charge is 2.28. The second-order valence-electron chi connectivity index (χ2n) is 5.19. The van der Waals surface area contributed by atoms with Crippen molar-refractivity contribution >= 4 is 19.2 Å². The largest absolute Gasteiger partial charge is 0.480 e. The van der Waals surface area contributed by atoms with E-state index in [1.807, 2.05) is 12.1 Å². The Balaban J connectivity index is 2.89. The molecule has 1 aromatic rings. The summed E-state index contributed by atoms with van der Waals surface area (Å²) < 4.78 is 0. The molecule has 0 fully saturated rings. The molecule has 106 valence electrons. The molecule has 19 heavy (non-hydrogen) atoms. The van der Waals surface area contributed by atoms with Crippen LogP contribution < -0.4 is 10.9 Å². The highest BCUT2D eigenvalue weighted by atomic mass is 28.3. The van der Waals surface area contributed by atoms with Crippen LogP contribution in [0.5, 0.6) is 0 Å². The minimum atomic E-state index is -1.33. The molecule has 0 amide bonds. The monoisotopic (exact) mass is 279 g/mol. The maximum atomic E-state index is 10.8. The lowest BCUT2D eigenvalue weighted by atomic mass is 10.1. The van der Waals surface area contributed by atoms with E-state index in [-0.39, 0.29) is 0 Å². The van der Waals surface area contributed by atoms with Crippen molar-refractivity contribution in [3.8, 4) is 0 Å². The Morgan fingerprint density at radius 2 is 1.63 bits per heavy atom. The molecule has 0 unspecified atom stereocenters. The van der Waals surface area contributed by atoms with Crippen LogP contribution >= 0.6 is 0 Å². The van der Waals surface area contributed by atoms with Crippen molar-refractivity contribution in [2.24, 2.45) is 5.73 Å². The maximum absolute atomic E-state index is 10.8. The van der Waals surface area contributed by atoms with Gasteiger partial charge in [0.15, 0.2) is 0 Å². The zero-order valence-corrected chi connectivity index (χ0v) is 13.1. The average molecular weight is 279 g/mol. The number of carboxylic acid groups (broad SMARTS) is 1. The van der Waals surface area contributed by atoms with Gasteiger partial charge in [-0.25, -0.2) is 0 Å². The Labute approximate surface area is 116 Å². The van der Waals surface area contributed by atoms with E-state index >= 15 is 0 Å². The molecular formula is C15H25NO2Si. The lowest BCUT2D eigenvalue weighted by Crippen LogP contribution is -2.45. The van der Waals surface area contributed by atoms with Crippen molar-refractivity contribution in [1.29, 1.82) is 0 Å². The minimum absolute atomic E-state index is 0.397. The molecular weight excluding hydrogens is 254 g/mol. The fourth-order valence-corrected chi connectivity index (χ4v) is 6.30. The molecule has 4 heteroatoms. The number of carbonyl (C=O) groups is 1. The van der Waals surface area contributed by atoms with Gasteiger partial charge < -0.3 is 10.8 Å². The van der Waals surface area contributed by atoms with Crippen LogP contribution in [0.15, 0.2) is 24.3 Å². The summed E-state index contributed by atoms with van der Waals surface area (Å²) in [5, 5.41) is 10.3. The van der Waals surface area contributed by atoms with Crippen LogP contribution in [0.4, 0.5) is 0 Å². The van der Waals surface area contributed by atoms with Crippen molar-refractivity contribution in [1.82, 2.24) is 0 Å². The fraction of sp³-hybridized carbons (Fsp3) is 0.533. The van der Waals surface area contributed by atoms with Crippen LogP contribution in [0.2, 0.25) is 18.1 Å². The minimum Gasteiger partial charge on any atom is -0.480 e. The number of aliphatic carboxylic acids is 1. The highest BCUT2D eigenvalue weighted by Crippen LogP contribution is 2.20. The van der Waals surface area contributed by atoms with E-state index < -0.39 is 20.1 Å². The number of rotatable bonds is 7. The van der Waals surface area contributed by atoms with E-state index in [0.717, 1.165) is 5.56 Å². The number of nitrogens with two attached hydrogens (primary N) is 1. The van der Waals surface area contributed by atoms with Crippen molar-refractivity contribution < 1.29 is 9.90 Å². The normalized spacial score (nSPS) is 13.3. The first-order valence-corrected chi connectivity index (χ1v) is 9.69. The molecule has 0 radical (unpaired) electrons. The van der Waals surface area contributed by atoms with Crippen LogP contribution in [-0.2, 0) is 11.2 Å². The molecule has 0 aliphatic carbocycles. The first-order valence-electron chi connectivity index (χ1n) is 7.06. The molecule has 1 rings (SSSR count). The maximum Gasteiger partial charge on any atom is 0.320 e. The molecule has 1 atom stereocenters. The molecule has 3 N–H and O–H groups in total. The van der Waals surface area contributed by atoms with Crippen molar-refractivity contribution in [2.75, 3.05) is 0 Å². The van der Waals surface area contributed by atoms with E-state index in [9.17, 15) is 4.79 Å². The molecule has 0 saturated carbocycles. The van der Waals surface area contributed by atoms with Gasteiger partial charge in [-0.2, -0.15) is 0 Å². The zero-order chi connectivity index (χ0) is 14.5. The van der Waals surface area contributed by atoms with Gasteiger partial charge in [-0.05, 0) is 12.0 Å². The molecule has 0 aromatic heterocycles. The van der Waals surface area contributed by atoms with Crippen LogP contribution in [0.1, 0.15) is 26.3 Å². The second kappa shape index (κ2) is 6.87. The van der Waals surface area contributed by atoms with Crippen molar-refractivity contribution in [3.63, 3.8) is 0 Å². The summed E-state index contributed by atoms with van der Waals surface area (Å²) in [7, 11) is -1.33. The Kier molecular flexibility index (Phi) is 5.75. The molecule has 0 aliphatic rings. The second-order valence-corrected chi connectivity index (χ2v) is 10.4. The first-order chi connectivity index (χ1) is 8.99. The molecule has 0 heterocycles. The van der Waals surface area contributed by atoms with Gasteiger partial charge in [0.2, 0.25) is 0 Å². The Hall–Kier alpha value is -1.13. The van der Waals surface area contributed by atoms with Gasteiger partial charge >= 0.3 is 5.97 Å². The summed E-state index contributed by atoms with van der Waals surface area (Å²) in [5.41, 5.74) is 6.56. The van der Waals surface area contributed by atoms with E-state index in [4.69, 9.17) is 10.8 Å². The Morgan fingerprint density at radius 1 is 1.16 bits per heavy atom. The third-order valence-corrected chi connectivity index (χ3v) is 9.99. The highest BCUT2D eigenvalue weighted by molar-refractivity contribution is 6.91. The standard InChI is InChI=1S/C15H25NO2Si/c1-4-19(5-2,6-3)13-9-7-12(8-10-13)11-14(16)15(17)18/h7-10,14H,4-6,11,16H2,1-3H3,(H,17,18)/t14-/m0/s1. The van der Waals surface area contributed by atoms with E-state index in [1.54, 1.807) is 0 Å². The zero-order valence-electron chi connectivity index (χ0n) is 12.1. The fourth-order valence-electron chi connectivity index (χ4n) is 2.70. The molecule has 0 saturated heterocycles. The smallest absolute Gasteiger partial charge is 0.320 e. The van der Waals surface area contributed by atoms with Gasteiger partial charge in [0, 0.05) is 0 Å². The predicted octanol–water partition coefficient (Wildman–Crippen LogP) is 2.36. The van der Waals surface area contributed by atoms with Crippen molar-refractivity contribution in [3.05, 3.63) is 29.8 Å². The summed E-state index contributed by atoms with van der Waals surface area (Å²) in [6, 6.07) is 11.4. The lowest BCUT2D eigenvalue weighted by Gasteiger charge is -2.28. The molecule has 1 aromatic carbocycles. The van der Waals surface area contributed by atoms with E-state index in [2.05, 4.69) is 32.9 Å². The quantitative estimate of drug-likeness (QED) is 0.753. The Morgan fingerprint density at radius 3 is 2.00 bits per heavy atom. The summed E-state index contributed by atoms with van der Waals surface area (Å²) >= 11 is 0. The summed E-state index contributed by atoms with van der Waals surface area (Å²) in [6.45, 7) is 6.86. The third-order valence-electron chi connectivity index (χ3n) is 4.37. The predicted molar refractivity (Wildman–Crippen MR) is 82.6 cm³/mol. The van der Waals surface area contributed by atoms with E-state index in [1.165, 1.54) is 23.3 Å². The molecule has 3 nitrogen and oxygen atoms in total. The molecule has 0 spiro atoms. The number of hydrogen-bond acceptors (Lipinski definition) is 2. The van der Waals surface area contributed by atoms with Gasteiger partial charge in [-0.3, -0.25) is 4.79 Å². The average Bonchev–Trinajstić information content (AvgIpc) is 2.43.